The fourth-order valence-corrected chi connectivity index (χ4v) is 13.0. The van der Waals surface area contributed by atoms with Crippen molar-refractivity contribution in [3.05, 3.63) is 313 Å². The van der Waals surface area contributed by atoms with Crippen LogP contribution in [0.1, 0.15) is 86.8 Å². The molecule has 0 aliphatic heterocycles. The second kappa shape index (κ2) is 27.7. The molecule has 0 fully saturated rings. The molecule has 4 aromatic heterocycles. The number of para-hydroxylation sites is 4. The molecule has 8 aromatic carbocycles. The molecule has 0 amide bonds. The summed E-state index contributed by atoms with van der Waals surface area (Å²) in [6, 6.07) is 92.8. The number of aromatic nitrogens is 4. The Bertz CT molecular complexity index is 4160. The van der Waals surface area contributed by atoms with Crippen LogP contribution in [0.5, 0.6) is 0 Å². The summed E-state index contributed by atoms with van der Waals surface area (Å²) in [5, 5.41) is 0. The van der Waals surface area contributed by atoms with Crippen molar-refractivity contribution >= 4 is 41.9 Å². The molecule has 94 heavy (non-hydrogen) atoms. The second-order valence-corrected chi connectivity index (χ2v) is 25.1. The summed E-state index contributed by atoms with van der Waals surface area (Å²) in [5.74, 6) is 0. The van der Waals surface area contributed by atoms with Crippen molar-refractivity contribution in [2.24, 2.45) is 0 Å². The Morgan fingerprint density at radius 2 is 0.628 bits per heavy atom. The molecule has 14 rings (SSSR count). The van der Waals surface area contributed by atoms with Crippen molar-refractivity contribution in [1.29, 1.82) is 0 Å². The van der Waals surface area contributed by atoms with Crippen LogP contribution >= 0.6 is 7.81 Å². The molecule has 4 heterocycles. The monoisotopic (exact) mass is 1450 g/mol. The number of hydrogen-bond acceptors (Lipinski definition) is 6. The van der Waals surface area contributed by atoms with Gasteiger partial charge in [-0.2, -0.15) is 0 Å². The van der Waals surface area contributed by atoms with E-state index in [-0.39, 0.29) is 30.9 Å². The summed E-state index contributed by atoms with van der Waals surface area (Å²) in [5.41, 5.74) is 26.1. The molecule has 6 nitrogen and oxygen atoms in total. The molecule has 0 saturated heterocycles. The standard InChI is InChI=1S/2C34H29N2.C12H12N2.F6P.Ir/c2*1-3-34(4-2)31-23-25(33-17-11-12-22-35-33)18-20-29(31)30-21-19-28(24-32(30)34)36(26-13-7-5-8-14-26)27-15-9-6-10-16-27;1-9-3-5-13-11(7-9)12-8-10(2)4-6-14-12;1-7(2,3,4,5)6;/h2*5-17,19-24H,3-4H2,1-2H3;3-8H,1-2H3;;/q2*-1;;-1;+3. The summed E-state index contributed by atoms with van der Waals surface area (Å²) in [6.45, 7) is 13.4. The summed E-state index contributed by atoms with van der Waals surface area (Å²) in [4.78, 5) is 22.5. The van der Waals surface area contributed by atoms with E-state index in [1.54, 1.807) is 0 Å². The molecule has 0 unspecified atom stereocenters. The molecule has 0 radical (unpaired) electrons. The first-order chi connectivity index (χ1) is 44.7. The number of nitrogens with zero attached hydrogens (tertiary/aromatic N) is 6. The Kier molecular flexibility index (Phi) is 19.9. The number of anilines is 6. The molecule has 0 bridgehead atoms. The fourth-order valence-electron chi connectivity index (χ4n) is 13.0. The van der Waals surface area contributed by atoms with Gasteiger partial charge in [0.2, 0.25) is 0 Å². The van der Waals surface area contributed by atoms with E-state index in [4.69, 9.17) is 0 Å². The first kappa shape index (κ1) is 67.5. The Morgan fingerprint density at radius 1 is 0.330 bits per heavy atom. The van der Waals surface area contributed by atoms with Gasteiger partial charge in [0.05, 0.1) is 11.4 Å². The summed E-state index contributed by atoms with van der Waals surface area (Å²) in [7, 11) is -10.7. The predicted molar refractivity (Wildman–Crippen MR) is 370 cm³/mol. The van der Waals surface area contributed by atoms with E-state index >= 15 is 0 Å². The Morgan fingerprint density at radius 3 is 0.915 bits per heavy atom. The maximum absolute atomic E-state index is 10.7. The number of rotatable bonds is 13. The Hall–Kier alpha value is -9.38. The van der Waals surface area contributed by atoms with E-state index in [1.807, 2.05) is 73.3 Å². The van der Waals surface area contributed by atoms with Crippen LogP contribution in [0.15, 0.2) is 267 Å². The van der Waals surface area contributed by atoms with E-state index in [9.17, 15) is 25.2 Å². The smallest absolute Gasteiger partial charge is 3.00 e. The van der Waals surface area contributed by atoms with E-state index in [2.05, 4.69) is 278 Å². The van der Waals surface area contributed by atoms with Crippen molar-refractivity contribution < 1.29 is 45.3 Å². The molecular formula is C80H70F6IrN6P. The van der Waals surface area contributed by atoms with Gasteiger partial charge in [-0.25, -0.2) is 0 Å². The molecule has 476 valence electrons. The van der Waals surface area contributed by atoms with E-state index in [1.165, 1.54) is 67.0 Å². The molecule has 0 atom stereocenters. The normalized spacial score (nSPS) is 13.3. The van der Waals surface area contributed by atoms with Crippen LogP contribution in [0, 0.1) is 26.0 Å². The minimum atomic E-state index is -10.7. The Balaban J connectivity index is 0.000000156. The zero-order valence-electron chi connectivity index (χ0n) is 53.0. The van der Waals surface area contributed by atoms with Crippen molar-refractivity contribution in [3.63, 3.8) is 0 Å². The fraction of sp³-hybridized carbons (Fsp3) is 0.150. The first-order valence-electron chi connectivity index (χ1n) is 31.2. The van der Waals surface area contributed by atoms with Gasteiger partial charge in [-0.3, -0.25) is 9.97 Å². The van der Waals surface area contributed by atoms with Gasteiger partial charge in [0.1, 0.15) is 0 Å². The van der Waals surface area contributed by atoms with Crippen LogP contribution in [-0.2, 0) is 30.9 Å². The quantitative estimate of drug-likeness (QED) is 0.0651. The van der Waals surface area contributed by atoms with Gasteiger partial charge < -0.3 is 19.8 Å². The summed E-state index contributed by atoms with van der Waals surface area (Å²) >= 11 is 0. The maximum Gasteiger partial charge on any atom is 3.00 e. The minimum absolute atomic E-state index is 0. The van der Waals surface area contributed by atoms with Gasteiger partial charge in [0.15, 0.2) is 0 Å². The number of halogens is 6. The minimum Gasteiger partial charge on any atom is 3.00 e. The van der Waals surface area contributed by atoms with Crippen LogP contribution in [0.3, 0.4) is 0 Å². The van der Waals surface area contributed by atoms with Crippen LogP contribution in [-0.4, -0.2) is 19.9 Å². The van der Waals surface area contributed by atoms with Gasteiger partial charge in [-0.1, -0.05) is 159 Å². The molecule has 0 saturated carbocycles. The van der Waals surface area contributed by atoms with E-state index < -0.39 is 7.81 Å². The number of hydrogen-bond donors (Lipinski definition) is 0. The van der Waals surface area contributed by atoms with Crippen LogP contribution < -0.4 is 9.80 Å². The van der Waals surface area contributed by atoms with Crippen LogP contribution in [0.25, 0.3) is 56.2 Å². The number of pyridine rings is 4. The molecule has 12 aromatic rings. The first-order valence-corrected chi connectivity index (χ1v) is 33.2. The third-order valence-corrected chi connectivity index (χ3v) is 17.5. The number of aryl methyl sites for hydroxylation is 2. The van der Waals surface area contributed by atoms with Gasteiger partial charge in [-0.05, 0) is 182 Å². The SMILES string of the molecule is CCC1(CC)c2cc(-c3ccccn3)[c-]cc2-c2ccc(N(c3ccccc3)c3ccccc3)cc21.CCC1(CC)c2cc(-c3ccccn3)[c-]cc2-c2ccc(N(c3ccccc3)c3ccccc3)cc21.Cc1ccnc(-c2cc(C)ccn2)c1.F[P-](F)(F)(F)(F)F.[Ir+3]. The van der Waals surface area contributed by atoms with Gasteiger partial charge in [0, 0.05) is 69.7 Å². The van der Waals surface area contributed by atoms with Gasteiger partial charge in [0.25, 0.3) is 0 Å². The second-order valence-electron chi connectivity index (χ2n) is 23.2. The molecule has 14 heteroatoms. The number of benzene rings is 8. The van der Waals surface area contributed by atoms with Crippen LogP contribution in [0.4, 0.5) is 59.3 Å². The van der Waals surface area contributed by atoms with Crippen molar-refractivity contribution in [3.8, 4) is 56.2 Å². The molecular weight excluding hydrogens is 1380 g/mol. The van der Waals surface area contributed by atoms with E-state index in [0.717, 1.165) is 82.3 Å². The zero-order valence-corrected chi connectivity index (χ0v) is 56.3. The van der Waals surface area contributed by atoms with Gasteiger partial charge >= 0.3 is 53.1 Å². The molecule has 2 aliphatic rings. The average Bonchev–Trinajstić information content (AvgIpc) is 1.57. The van der Waals surface area contributed by atoms with Crippen molar-refractivity contribution in [1.82, 2.24) is 19.9 Å². The summed E-state index contributed by atoms with van der Waals surface area (Å²) in [6.07, 6.45) is 11.5. The van der Waals surface area contributed by atoms with Gasteiger partial charge in [-0.15, -0.1) is 58.7 Å². The summed E-state index contributed by atoms with van der Waals surface area (Å²) < 4.78 is 59.2. The van der Waals surface area contributed by atoms with Crippen molar-refractivity contribution in [2.45, 2.75) is 78.1 Å². The third kappa shape index (κ3) is 15.1. The molecule has 0 spiro atoms. The Labute approximate surface area is 560 Å². The third-order valence-electron chi connectivity index (χ3n) is 17.5. The van der Waals surface area contributed by atoms with E-state index in [0.29, 0.717) is 0 Å². The largest absolute Gasteiger partial charge is 3.00 e. The number of fused-ring (bicyclic) bond motifs is 6. The van der Waals surface area contributed by atoms with Crippen molar-refractivity contribution in [2.75, 3.05) is 9.80 Å². The molecule has 2 aliphatic carbocycles. The molecule has 0 N–H and O–H groups in total. The maximum atomic E-state index is 9.87. The topological polar surface area (TPSA) is 58.0 Å². The predicted octanol–water partition coefficient (Wildman–Crippen LogP) is 24.4. The average molecular weight is 1450 g/mol. The zero-order chi connectivity index (χ0) is 65.4. The van der Waals surface area contributed by atoms with Crippen LogP contribution in [0.2, 0.25) is 0 Å².